The SMILES string of the molecule is CCOC(Cc1cc(C)ccc1C)OCC. The summed E-state index contributed by atoms with van der Waals surface area (Å²) in [5.74, 6) is 0. The van der Waals surface area contributed by atoms with E-state index in [0.717, 1.165) is 6.42 Å². The van der Waals surface area contributed by atoms with Gasteiger partial charge >= 0.3 is 0 Å². The number of hydrogen-bond acceptors (Lipinski definition) is 2. The lowest BCUT2D eigenvalue weighted by Crippen LogP contribution is -2.20. The van der Waals surface area contributed by atoms with Crippen LogP contribution in [-0.2, 0) is 15.9 Å². The van der Waals surface area contributed by atoms with Gasteiger partial charge in [-0.25, -0.2) is 0 Å². The maximum Gasteiger partial charge on any atom is 0.161 e. The highest BCUT2D eigenvalue weighted by molar-refractivity contribution is 5.30. The van der Waals surface area contributed by atoms with Crippen LogP contribution in [0.2, 0.25) is 0 Å². The van der Waals surface area contributed by atoms with Gasteiger partial charge in [0.1, 0.15) is 0 Å². The summed E-state index contributed by atoms with van der Waals surface area (Å²) in [5.41, 5.74) is 3.90. The number of ether oxygens (including phenoxy) is 2. The van der Waals surface area contributed by atoms with Gasteiger partial charge < -0.3 is 9.47 Å². The van der Waals surface area contributed by atoms with Crippen LogP contribution in [0, 0.1) is 13.8 Å². The Morgan fingerprint density at radius 2 is 1.69 bits per heavy atom. The van der Waals surface area contributed by atoms with E-state index in [0.29, 0.717) is 13.2 Å². The number of aryl methyl sites for hydroxylation is 2. The first-order valence-electron chi connectivity index (χ1n) is 5.96. The molecule has 0 bridgehead atoms. The molecule has 2 heteroatoms. The molecule has 0 aliphatic carbocycles. The Morgan fingerprint density at radius 1 is 1.06 bits per heavy atom. The van der Waals surface area contributed by atoms with Crippen LogP contribution in [0.5, 0.6) is 0 Å². The van der Waals surface area contributed by atoms with Crippen LogP contribution in [0.15, 0.2) is 18.2 Å². The second-order valence-corrected chi connectivity index (χ2v) is 3.97. The first-order chi connectivity index (χ1) is 7.67. The summed E-state index contributed by atoms with van der Waals surface area (Å²) < 4.78 is 11.1. The molecule has 0 saturated carbocycles. The first kappa shape index (κ1) is 13.2. The fourth-order valence-electron chi connectivity index (χ4n) is 1.74. The van der Waals surface area contributed by atoms with Crippen LogP contribution in [0.3, 0.4) is 0 Å². The summed E-state index contributed by atoms with van der Waals surface area (Å²) in [6.07, 6.45) is 0.713. The van der Waals surface area contributed by atoms with E-state index in [1.165, 1.54) is 16.7 Å². The summed E-state index contributed by atoms with van der Waals surface area (Å²) >= 11 is 0. The lowest BCUT2D eigenvalue weighted by Gasteiger charge is -2.18. The van der Waals surface area contributed by atoms with Gasteiger partial charge in [-0.05, 0) is 38.8 Å². The van der Waals surface area contributed by atoms with Gasteiger partial charge in [0.05, 0.1) is 0 Å². The zero-order chi connectivity index (χ0) is 12.0. The first-order valence-corrected chi connectivity index (χ1v) is 5.96. The van der Waals surface area contributed by atoms with E-state index < -0.39 is 0 Å². The largest absolute Gasteiger partial charge is 0.353 e. The molecule has 0 saturated heterocycles. The molecule has 90 valence electrons. The third-order valence-corrected chi connectivity index (χ3v) is 2.60. The van der Waals surface area contributed by atoms with Crippen molar-refractivity contribution in [3.05, 3.63) is 34.9 Å². The van der Waals surface area contributed by atoms with Crippen molar-refractivity contribution in [1.82, 2.24) is 0 Å². The van der Waals surface area contributed by atoms with Crippen molar-refractivity contribution in [3.8, 4) is 0 Å². The average molecular weight is 222 g/mol. The topological polar surface area (TPSA) is 18.5 Å². The summed E-state index contributed by atoms with van der Waals surface area (Å²) in [7, 11) is 0. The Morgan fingerprint density at radius 3 is 2.25 bits per heavy atom. The second kappa shape index (κ2) is 6.66. The van der Waals surface area contributed by atoms with Crippen molar-refractivity contribution in [1.29, 1.82) is 0 Å². The number of rotatable bonds is 6. The number of benzene rings is 1. The Hall–Kier alpha value is -0.860. The highest BCUT2D eigenvalue weighted by Crippen LogP contribution is 2.14. The van der Waals surface area contributed by atoms with Crippen LogP contribution < -0.4 is 0 Å². The molecule has 1 aromatic rings. The fraction of sp³-hybridized carbons (Fsp3) is 0.571. The van der Waals surface area contributed by atoms with Gasteiger partial charge in [0, 0.05) is 19.6 Å². The Labute approximate surface area is 98.6 Å². The zero-order valence-electron chi connectivity index (χ0n) is 10.7. The highest BCUT2D eigenvalue weighted by atomic mass is 16.7. The zero-order valence-corrected chi connectivity index (χ0v) is 10.7. The van der Waals surface area contributed by atoms with Crippen molar-refractivity contribution in [2.75, 3.05) is 13.2 Å². The Balaban J connectivity index is 2.71. The normalized spacial score (nSPS) is 11.1. The molecule has 0 N–H and O–H groups in total. The van der Waals surface area contributed by atoms with Crippen molar-refractivity contribution >= 4 is 0 Å². The predicted octanol–water partition coefficient (Wildman–Crippen LogP) is 3.25. The van der Waals surface area contributed by atoms with Crippen LogP contribution in [0.4, 0.5) is 0 Å². The van der Waals surface area contributed by atoms with Gasteiger partial charge in [-0.2, -0.15) is 0 Å². The minimum atomic E-state index is -0.115. The van der Waals surface area contributed by atoms with Gasteiger partial charge in [-0.3, -0.25) is 0 Å². The average Bonchev–Trinajstić information content (AvgIpc) is 2.24. The minimum absolute atomic E-state index is 0.115. The van der Waals surface area contributed by atoms with Gasteiger partial charge in [-0.1, -0.05) is 23.8 Å². The summed E-state index contributed by atoms with van der Waals surface area (Å²) in [6.45, 7) is 9.61. The smallest absolute Gasteiger partial charge is 0.161 e. The molecule has 0 aromatic heterocycles. The molecule has 0 radical (unpaired) electrons. The molecule has 0 unspecified atom stereocenters. The third kappa shape index (κ3) is 3.95. The molecule has 0 fully saturated rings. The predicted molar refractivity (Wildman–Crippen MR) is 66.7 cm³/mol. The summed E-state index contributed by atoms with van der Waals surface area (Å²) in [4.78, 5) is 0. The van der Waals surface area contributed by atoms with Crippen molar-refractivity contribution < 1.29 is 9.47 Å². The lowest BCUT2D eigenvalue weighted by atomic mass is 10.0. The maximum atomic E-state index is 5.56. The quantitative estimate of drug-likeness (QED) is 0.688. The molecule has 1 aromatic carbocycles. The van der Waals surface area contributed by atoms with Gasteiger partial charge in [0.2, 0.25) is 0 Å². The standard InChI is InChI=1S/C14H22O2/c1-5-15-14(16-6-2)10-13-9-11(3)7-8-12(13)4/h7-9,14H,5-6,10H2,1-4H3. The molecule has 2 nitrogen and oxygen atoms in total. The van der Waals surface area contributed by atoms with E-state index in [4.69, 9.17) is 9.47 Å². The van der Waals surface area contributed by atoms with E-state index in [1.54, 1.807) is 0 Å². The van der Waals surface area contributed by atoms with Crippen LogP contribution in [0.1, 0.15) is 30.5 Å². The van der Waals surface area contributed by atoms with Gasteiger partial charge in [-0.15, -0.1) is 0 Å². The molecule has 0 heterocycles. The molecule has 0 atom stereocenters. The van der Waals surface area contributed by atoms with Crippen LogP contribution in [-0.4, -0.2) is 19.5 Å². The summed E-state index contributed by atoms with van der Waals surface area (Å²) in [5, 5.41) is 0. The molecule has 0 amide bonds. The molecule has 16 heavy (non-hydrogen) atoms. The lowest BCUT2D eigenvalue weighted by molar-refractivity contribution is -0.134. The van der Waals surface area contributed by atoms with E-state index in [1.807, 2.05) is 13.8 Å². The monoisotopic (exact) mass is 222 g/mol. The van der Waals surface area contributed by atoms with E-state index in [-0.39, 0.29) is 6.29 Å². The van der Waals surface area contributed by atoms with Crippen molar-refractivity contribution in [3.63, 3.8) is 0 Å². The fourth-order valence-corrected chi connectivity index (χ4v) is 1.74. The maximum absolute atomic E-state index is 5.56. The molecule has 0 aliphatic rings. The molecular weight excluding hydrogens is 200 g/mol. The summed E-state index contributed by atoms with van der Waals surface area (Å²) in [6, 6.07) is 6.50. The Kier molecular flexibility index (Phi) is 5.50. The Bertz CT molecular complexity index is 315. The van der Waals surface area contributed by atoms with Crippen molar-refractivity contribution in [2.24, 2.45) is 0 Å². The third-order valence-electron chi connectivity index (χ3n) is 2.60. The van der Waals surface area contributed by atoms with E-state index >= 15 is 0 Å². The van der Waals surface area contributed by atoms with Gasteiger partial charge in [0.15, 0.2) is 6.29 Å². The number of hydrogen-bond donors (Lipinski definition) is 0. The van der Waals surface area contributed by atoms with Crippen LogP contribution >= 0.6 is 0 Å². The van der Waals surface area contributed by atoms with E-state index in [2.05, 4.69) is 32.0 Å². The highest BCUT2D eigenvalue weighted by Gasteiger charge is 2.10. The second-order valence-electron chi connectivity index (χ2n) is 3.97. The van der Waals surface area contributed by atoms with E-state index in [9.17, 15) is 0 Å². The molecular formula is C14H22O2. The van der Waals surface area contributed by atoms with Crippen LogP contribution in [0.25, 0.3) is 0 Å². The molecule has 0 aliphatic heterocycles. The minimum Gasteiger partial charge on any atom is -0.353 e. The van der Waals surface area contributed by atoms with Crippen molar-refractivity contribution in [2.45, 2.75) is 40.4 Å². The molecule has 1 rings (SSSR count). The van der Waals surface area contributed by atoms with Gasteiger partial charge in [0.25, 0.3) is 0 Å². The molecule has 0 spiro atoms.